The van der Waals surface area contributed by atoms with Gasteiger partial charge in [-0.2, -0.15) is 0 Å². The molecule has 1 rings (SSSR count). The van der Waals surface area contributed by atoms with Crippen LogP contribution in [0.5, 0.6) is 0 Å². The number of hydrazine groups is 1. The number of benzene rings is 1. The summed E-state index contributed by atoms with van der Waals surface area (Å²) in [5.41, 5.74) is 3.14. The minimum absolute atomic E-state index is 0.0694. The first kappa shape index (κ1) is 13.1. The molecule has 6 heteroatoms. The molecule has 16 heavy (non-hydrogen) atoms. The van der Waals surface area contributed by atoms with Gasteiger partial charge in [0.2, 0.25) is 0 Å². The van der Waals surface area contributed by atoms with E-state index in [4.69, 9.17) is 5.84 Å². The molecule has 0 fully saturated rings. The fraction of sp³-hybridized carbons (Fsp3) is 0.400. The summed E-state index contributed by atoms with van der Waals surface area (Å²) < 4.78 is 35.1. The normalized spacial score (nSPS) is 13.7. The van der Waals surface area contributed by atoms with Crippen molar-refractivity contribution in [3.05, 3.63) is 35.6 Å². The van der Waals surface area contributed by atoms with Crippen LogP contribution in [0.15, 0.2) is 24.3 Å². The summed E-state index contributed by atoms with van der Waals surface area (Å²) in [6, 6.07) is 5.61. The van der Waals surface area contributed by atoms with Crippen LogP contribution >= 0.6 is 0 Å². The van der Waals surface area contributed by atoms with Crippen molar-refractivity contribution >= 4 is 9.84 Å². The lowest BCUT2D eigenvalue weighted by Crippen LogP contribution is -2.41. The van der Waals surface area contributed by atoms with Crippen LogP contribution in [0.3, 0.4) is 0 Å². The Morgan fingerprint density at radius 2 is 2.19 bits per heavy atom. The molecule has 0 amide bonds. The van der Waals surface area contributed by atoms with Crippen molar-refractivity contribution in [2.45, 2.75) is 12.5 Å². The van der Waals surface area contributed by atoms with E-state index >= 15 is 0 Å². The van der Waals surface area contributed by atoms with Crippen LogP contribution in [0.1, 0.15) is 5.56 Å². The zero-order chi connectivity index (χ0) is 12.2. The molecule has 1 aromatic carbocycles. The second-order valence-electron chi connectivity index (χ2n) is 3.79. The van der Waals surface area contributed by atoms with E-state index in [1.165, 1.54) is 12.1 Å². The third-order valence-corrected chi connectivity index (χ3v) is 3.12. The van der Waals surface area contributed by atoms with Crippen LogP contribution in [0, 0.1) is 5.82 Å². The van der Waals surface area contributed by atoms with Crippen LogP contribution in [0.4, 0.5) is 4.39 Å². The Morgan fingerprint density at radius 1 is 1.50 bits per heavy atom. The van der Waals surface area contributed by atoms with Crippen molar-refractivity contribution < 1.29 is 12.8 Å². The number of nitrogens with one attached hydrogen (secondary N) is 1. The summed E-state index contributed by atoms with van der Waals surface area (Å²) in [6.07, 6.45) is 1.52. The van der Waals surface area contributed by atoms with E-state index in [2.05, 4.69) is 5.43 Å². The molecule has 1 atom stereocenters. The third-order valence-electron chi connectivity index (χ3n) is 2.11. The van der Waals surface area contributed by atoms with Crippen LogP contribution in [0.25, 0.3) is 0 Å². The van der Waals surface area contributed by atoms with Gasteiger partial charge in [0.25, 0.3) is 0 Å². The van der Waals surface area contributed by atoms with E-state index in [1.807, 2.05) is 0 Å². The Kier molecular flexibility index (Phi) is 4.40. The number of hydrogen-bond acceptors (Lipinski definition) is 4. The summed E-state index contributed by atoms with van der Waals surface area (Å²) in [7, 11) is -3.10. The summed E-state index contributed by atoms with van der Waals surface area (Å²) in [5, 5.41) is 0. The SMILES string of the molecule is CS(=O)(=O)CC(Cc1cccc(F)c1)NN. The first-order chi connectivity index (χ1) is 7.40. The number of sulfone groups is 1. The molecule has 0 aliphatic heterocycles. The molecule has 90 valence electrons. The Bertz CT molecular complexity index is 448. The summed E-state index contributed by atoms with van der Waals surface area (Å²) in [4.78, 5) is 0. The highest BCUT2D eigenvalue weighted by Gasteiger charge is 2.14. The van der Waals surface area contributed by atoms with Gasteiger partial charge in [-0.05, 0) is 24.1 Å². The van der Waals surface area contributed by atoms with Crippen LogP contribution < -0.4 is 11.3 Å². The molecular weight excluding hydrogens is 231 g/mol. The second-order valence-corrected chi connectivity index (χ2v) is 5.97. The van der Waals surface area contributed by atoms with Gasteiger partial charge in [0.05, 0.1) is 5.75 Å². The first-order valence-electron chi connectivity index (χ1n) is 4.79. The molecule has 0 radical (unpaired) electrons. The Hall–Kier alpha value is -0.980. The van der Waals surface area contributed by atoms with Gasteiger partial charge < -0.3 is 0 Å². The molecule has 1 unspecified atom stereocenters. The molecule has 0 spiro atoms. The summed E-state index contributed by atoms with van der Waals surface area (Å²) in [5.74, 6) is 4.85. The van der Waals surface area contributed by atoms with Gasteiger partial charge in [-0.15, -0.1) is 0 Å². The topological polar surface area (TPSA) is 72.2 Å². The van der Waals surface area contributed by atoms with Gasteiger partial charge in [0.15, 0.2) is 0 Å². The molecule has 4 nitrogen and oxygen atoms in total. The second kappa shape index (κ2) is 5.38. The average Bonchev–Trinajstić information content (AvgIpc) is 2.14. The molecule has 0 aliphatic rings. The number of hydrogen-bond donors (Lipinski definition) is 2. The van der Waals surface area contributed by atoms with Gasteiger partial charge >= 0.3 is 0 Å². The predicted molar refractivity (Wildman–Crippen MR) is 60.9 cm³/mol. The zero-order valence-electron chi connectivity index (χ0n) is 8.98. The molecule has 0 aromatic heterocycles. The highest BCUT2D eigenvalue weighted by atomic mass is 32.2. The van der Waals surface area contributed by atoms with Gasteiger partial charge in [0, 0.05) is 12.3 Å². The fourth-order valence-corrected chi connectivity index (χ4v) is 2.42. The van der Waals surface area contributed by atoms with E-state index in [-0.39, 0.29) is 11.6 Å². The Morgan fingerprint density at radius 3 is 2.69 bits per heavy atom. The summed E-state index contributed by atoms with van der Waals surface area (Å²) in [6.45, 7) is 0. The van der Waals surface area contributed by atoms with Crippen molar-refractivity contribution in [2.75, 3.05) is 12.0 Å². The molecule has 0 saturated heterocycles. The van der Waals surface area contributed by atoms with Crippen LogP contribution in [-0.4, -0.2) is 26.5 Å². The lowest BCUT2D eigenvalue weighted by Gasteiger charge is -2.14. The van der Waals surface area contributed by atoms with Crippen molar-refractivity contribution in [1.29, 1.82) is 0 Å². The minimum Gasteiger partial charge on any atom is -0.271 e. The highest BCUT2D eigenvalue weighted by Crippen LogP contribution is 2.07. The van der Waals surface area contributed by atoms with E-state index in [0.717, 1.165) is 6.26 Å². The maximum absolute atomic E-state index is 12.9. The molecule has 1 aromatic rings. The standard InChI is InChI=1S/C10H15FN2O2S/c1-16(14,15)7-10(13-12)6-8-3-2-4-9(11)5-8/h2-5,10,13H,6-7,12H2,1H3. The smallest absolute Gasteiger partial charge is 0.149 e. The molecular formula is C10H15FN2O2S. The highest BCUT2D eigenvalue weighted by molar-refractivity contribution is 7.90. The van der Waals surface area contributed by atoms with Crippen LogP contribution in [0.2, 0.25) is 0 Å². The first-order valence-corrected chi connectivity index (χ1v) is 6.85. The fourth-order valence-electron chi connectivity index (χ4n) is 1.48. The number of rotatable bonds is 5. The molecule has 0 bridgehead atoms. The van der Waals surface area contributed by atoms with E-state index < -0.39 is 15.9 Å². The lowest BCUT2D eigenvalue weighted by molar-refractivity contribution is 0.544. The van der Waals surface area contributed by atoms with E-state index in [0.29, 0.717) is 12.0 Å². The largest absolute Gasteiger partial charge is 0.271 e. The molecule has 0 heterocycles. The minimum atomic E-state index is -3.10. The maximum atomic E-state index is 12.9. The van der Waals surface area contributed by atoms with Gasteiger partial charge in [-0.25, -0.2) is 12.8 Å². The van der Waals surface area contributed by atoms with E-state index in [1.54, 1.807) is 12.1 Å². The van der Waals surface area contributed by atoms with Crippen molar-refractivity contribution in [1.82, 2.24) is 5.43 Å². The Labute approximate surface area is 94.5 Å². The Balaban J connectivity index is 2.70. The van der Waals surface area contributed by atoms with Crippen molar-refractivity contribution in [3.63, 3.8) is 0 Å². The van der Waals surface area contributed by atoms with Crippen molar-refractivity contribution in [2.24, 2.45) is 5.84 Å². The van der Waals surface area contributed by atoms with Crippen LogP contribution in [-0.2, 0) is 16.3 Å². The van der Waals surface area contributed by atoms with Gasteiger partial charge in [0.1, 0.15) is 15.7 Å². The number of nitrogens with two attached hydrogens (primary N) is 1. The molecule has 3 N–H and O–H groups in total. The average molecular weight is 246 g/mol. The third kappa shape index (κ3) is 4.69. The number of halogens is 1. The lowest BCUT2D eigenvalue weighted by atomic mass is 10.1. The quantitative estimate of drug-likeness (QED) is 0.577. The maximum Gasteiger partial charge on any atom is 0.149 e. The predicted octanol–water partition coefficient (Wildman–Crippen LogP) is 0.245. The van der Waals surface area contributed by atoms with E-state index in [9.17, 15) is 12.8 Å². The van der Waals surface area contributed by atoms with Gasteiger partial charge in [-0.3, -0.25) is 11.3 Å². The monoisotopic (exact) mass is 246 g/mol. The summed E-state index contributed by atoms with van der Waals surface area (Å²) >= 11 is 0. The van der Waals surface area contributed by atoms with Gasteiger partial charge in [-0.1, -0.05) is 12.1 Å². The van der Waals surface area contributed by atoms with Crippen molar-refractivity contribution in [3.8, 4) is 0 Å². The molecule has 0 saturated carbocycles. The molecule has 0 aliphatic carbocycles. The zero-order valence-corrected chi connectivity index (χ0v) is 9.80.